The third-order valence-corrected chi connectivity index (χ3v) is 4.00. The van der Waals surface area contributed by atoms with E-state index in [-0.39, 0.29) is 32.6 Å². The second-order valence-electron chi connectivity index (χ2n) is 4.22. The van der Waals surface area contributed by atoms with Crippen molar-refractivity contribution in [3.05, 3.63) is 34.6 Å². The smallest absolute Gasteiger partial charge is 0.210 e. The molecular formula is C11H9N5O3S. The molecule has 0 spiro atoms. The predicted octanol–water partition coefficient (Wildman–Crippen LogP) is 0.112. The maximum absolute atomic E-state index is 12.4. The molecule has 9 heteroatoms. The van der Waals surface area contributed by atoms with Crippen LogP contribution in [0.5, 0.6) is 0 Å². The molecule has 20 heavy (non-hydrogen) atoms. The van der Waals surface area contributed by atoms with Gasteiger partial charge < -0.3 is 4.98 Å². The third kappa shape index (κ3) is 1.88. The Labute approximate surface area is 112 Å². The second-order valence-corrected chi connectivity index (χ2v) is 6.20. The number of nitrogens with zero attached hydrogens (tertiary/aromatic N) is 3. The van der Waals surface area contributed by atoms with Crippen LogP contribution in [0.25, 0.3) is 22.3 Å². The van der Waals surface area contributed by atoms with Gasteiger partial charge in [-0.05, 0) is 17.3 Å². The highest BCUT2D eigenvalue weighted by Gasteiger charge is 2.16. The highest BCUT2D eigenvalue weighted by atomic mass is 32.2. The SMILES string of the molecule is CS(=O)(=O)c1cccc2c(=O)c(-c3nn[nH]n3)c[nH]c12. The fraction of sp³-hybridized carbons (Fsp3) is 0.0909. The Kier molecular flexibility index (Phi) is 2.64. The molecule has 0 atom stereocenters. The van der Waals surface area contributed by atoms with Crippen LogP contribution in [0.2, 0.25) is 0 Å². The predicted molar refractivity (Wildman–Crippen MR) is 70.9 cm³/mol. The number of aromatic nitrogens is 5. The van der Waals surface area contributed by atoms with Gasteiger partial charge in [0.25, 0.3) is 0 Å². The lowest BCUT2D eigenvalue weighted by Gasteiger charge is -2.05. The number of hydrogen-bond acceptors (Lipinski definition) is 6. The van der Waals surface area contributed by atoms with Crippen molar-refractivity contribution in [2.24, 2.45) is 0 Å². The summed E-state index contributed by atoms with van der Waals surface area (Å²) in [5.41, 5.74) is 0.134. The van der Waals surface area contributed by atoms with Crippen LogP contribution < -0.4 is 5.43 Å². The molecule has 0 unspecified atom stereocenters. The third-order valence-electron chi connectivity index (χ3n) is 2.86. The highest BCUT2D eigenvalue weighted by Crippen LogP contribution is 2.20. The molecule has 3 aromatic rings. The van der Waals surface area contributed by atoms with Gasteiger partial charge >= 0.3 is 0 Å². The van der Waals surface area contributed by atoms with Crippen LogP contribution in [0.4, 0.5) is 0 Å². The number of aromatic amines is 2. The number of hydrogen-bond donors (Lipinski definition) is 2. The van der Waals surface area contributed by atoms with Crippen LogP contribution in [0, 0.1) is 0 Å². The number of fused-ring (bicyclic) bond motifs is 1. The van der Waals surface area contributed by atoms with Crippen LogP contribution in [0.15, 0.2) is 34.1 Å². The van der Waals surface area contributed by atoms with Crippen LogP contribution in [0.3, 0.4) is 0 Å². The van der Waals surface area contributed by atoms with Crippen molar-refractivity contribution in [2.45, 2.75) is 4.90 Å². The quantitative estimate of drug-likeness (QED) is 0.691. The molecule has 0 fully saturated rings. The van der Waals surface area contributed by atoms with Gasteiger partial charge in [0.2, 0.25) is 11.3 Å². The molecule has 0 aliphatic carbocycles. The Balaban J connectivity index is 2.39. The van der Waals surface area contributed by atoms with Gasteiger partial charge in [-0.2, -0.15) is 5.21 Å². The number of para-hydroxylation sites is 1. The van der Waals surface area contributed by atoms with E-state index in [0.29, 0.717) is 0 Å². The van der Waals surface area contributed by atoms with E-state index in [1.54, 1.807) is 6.07 Å². The van der Waals surface area contributed by atoms with Gasteiger partial charge in [0.15, 0.2) is 9.84 Å². The molecule has 3 rings (SSSR count). The number of sulfone groups is 1. The number of H-pyrrole nitrogens is 2. The Morgan fingerprint density at radius 2 is 2.05 bits per heavy atom. The minimum Gasteiger partial charge on any atom is -0.359 e. The van der Waals surface area contributed by atoms with Crippen LogP contribution in [-0.4, -0.2) is 40.3 Å². The fourth-order valence-corrected chi connectivity index (χ4v) is 2.84. The van der Waals surface area contributed by atoms with E-state index >= 15 is 0 Å². The topological polar surface area (TPSA) is 121 Å². The first-order valence-corrected chi connectivity index (χ1v) is 7.46. The van der Waals surface area contributed by atoms with Crippen molar-refractivity contribution in [2.75, 3.05) is 6.26 Å². The summed E-state index contributed by atoms with van der Waals surface area (Å²) in [5.74, 6) is 0.151. The summed E-state index contributed by atoms with van der Waals surface area (Å²) in [6.45, 7) is 0. The summed E-state index contributed by atoms with van der Waals surface area (Å²) in [4.78, 5) is 15.3. The molecule has 102 valence electrons. The lowest BCUT2D eigenvalue weighted by atomic mass is 10.1. The molecule has 0 bridgehead atoms. The van der Waals surface area contributed by atoms with Crippen LogP contribution in [-0.2, 0) is 9.84 Å². The van der Waals surface area contributed by atoms with Gasteiger partial charge in [-0.3, -0.25) is 4.79 Å². The van der Waals surface area contributed by atoms with E-state index in [1.807, 2.05) is 0 Å². The van der Waals surface area contributed by atoms with Crippen molar-refractivity contribution in [3.63, 3.8) is 0 Å². The van der Waals surface area contributed by atoms with Gasteiger partial charge in [0.1, 0.15) is 0 Å². The number of benzene rings is 1. The first-order chi connectivity index (χ1) is 9.48. The van der Waals surface area contributed by atoms with Gasteiger partial charge in [-0.1, -0.05) is 6.07 Å². The Morgan fingerprint density at radius 3 is 2.70 bits per heavy atom. The first-order valence-electron chi connectivity index (χ1n) is 5.57. The zero-order valence-corrected chi connectivity index (χ0v) is 11.1. The first kappa shape index (κ1) is 12.5. The molecule has 0 aliphatic heterocycles. The van der Waals surface area contributed by atoms with Crippen LogP contribution in [0.1, 0.15) is 0 Å². The van der Waals surface area contributed by atoms with E-state index in [0.717, 1.165) is 6.26 Å². The summed E-state index contributed by atoms with van der Waals surface area (Å²) in [6.07, 6.45) is 2.47. The molecule has 0 aliphatic rings. The average Bonchev–Trinajstić information content (AvgIpc) is 2.91. The minimum absolute atomic E-state index is 0.0757. The molecule has 2 aromatic heterocycles. The summed E-state index contributed by atoms with van der Waals surface area (Å²) in [6, 6.07) is 4.52. The minimum atomic E-state index is -3.43. The van der Waals surface area contributed by atoms with Crippen molar-refractivity contribution in [1.82, 2.24) is 25.6 Å². The van der Waals surface area contributed by atoms with E-state index in [4.69, 9.17) is 0 Å². The maximum atomic E-state index is 12.4. The largest absolute Gasteiger partial charge is 0.359 e. The molecular weight excluding hydrogens is 282 g/mol. The Hall–Kier alpha value is -2.55. The average molecular weight is 291 g/mol. The molecule has 0 saturated heterocycles. The van der Waals surface area contributed by atoms with E-state index in [9.17, 15) is 13.2 Å². The molecule has 8 nitrogen and oxygen atoms in total. The van der Waals surface area contributed by atoms with Crippen molar-refractivity contribution in [3.8, 4) is 11.4 Å². The molecule has 0 amide bonds. The van der Waals surface area contributed by atoms with Gasteiger partial charge in [-0.25, -0.2) is 8.42 Å². The lowest BCUT2D eigenvalue weighted by molar-refractivity contribution is 0.602. The van der Waals surface area contributed by atoms with E-state index < -0.39 is 9.84 Å². The zero-order valence-electron chi connectivity index (χ0n) is 10.3. The molecule has 0 saturated carbocycles. The molecule has 2 heterocycles. The number of pyridine rings is 1. The van der Waals surface area contributed by atoms with Crippen molar-refractivity contribution >= 4 is 20.7 Å². The molecule has 1 aromatic carbocycles. The summed E-state index contributed by atoms with van der Waals surface area (Å²) in [5, 5.41) is 13.4. The van der Waals surface area contributed by atoms with Gasteiger partial charge in [-0.15, -0.1) is 10.2 Å². The van der Waals surface area contributed by atoms with Crippen molar-refractivity contribution in [1.29, 1.82) is 0 Å². The second kappa shape index (κ2) is 4.23. The molecule has 2 N–H and O–H groups in total. The Bertz CT molecular complexity index is 944. The number of rotatable bonds is 2. The summed E-state index contributed by atoms with van der Waals surface area (Å²) in [7, 11) is -3.43. The fourth-order valence-electron chi connectivity index (χ4n) is 1.98. The van der Waals surface area contributed by atoms with Crippen LogP contribution >= 0.6 is 0 Å². The monoisotopic (exact) mass is 291 g/mol. The molecule has 0 radical (unpaired) electrons. The highest BCUT2D eigenvalue weighted by molar-refractivity contribution is 7.91. The summed E-state index contributed by atoms with van der Waals surface area (Å²) < 4.78 is 23.4. The van der Waals surface area contributed by atoms with Gasteiger partial charge in [0.05, 0.1) is 16.0 Å². The Morgan fingerprint density at radius 1 is 1.25 bits per heavy atom. The maximum Gasteiger partial charge on any atom is 0.210 e. The van der Waals surface area contributed by atoms with Gasteiger partial charge in [0, 0.05) is 17.8 Å². The lowest BCUT2D eigenvalue weighted by Crippen LogP contribution is -2.10. The van der Waals surface area contributed by atoms with E-state index in [1.165, 1.54) is 18.3 Å². The van der Waals surface area contributed by atoms with Crippen molar-refractivity contribution < 1.29 is 8.42 Å². The standard InChI is InChI=1S/C11H9N5O3S/c1-20(18,19)8-4-2-3-6-9(8)12-5-7(10(6)17)11-13-15-16-14-11/h2-5H,1H3,(H,12,17)(H,13,14,15,16). The van der Waals surface area contributed by atoms with E-state index in [2.05, 4.69) is 25.6 Å². The normalized spacial score (nSPS) is 11.8. The number of nitrogens with one attached hydrogen (secondary N) is 2. The zero-order chi connectivity index (χ0) is 14.3. The number of tetrazole rings is 1. The summed E-state index contributed by atoms with van der Waals surface area (Å²) >= 11 is 0.